The maximum atomic E-state index is 12.0. The lowest BCUT2D eigenvalue weighted by molar-refractivity contribution is 0.559. The molecule has 0 aliphatic carbocycles. The molecule has 0 saturated heterocycles. The van der Waals surface area contributed by atoms with Crippen molar-refractivity contribution in [3.05, 3.63) is 70.6 Å². The van der Waals surface area contributed by atoms with Crippen molar-refractivity contribution in [2.45, 2.75) is 26.2 Å². The fourth-order valence-electron chi connectivity index (χ4n) is 2.41. The van der Waals surface area contributed by atoms with Crippen LogP contribution in [0, 0.1) is 0 Å². The molecule has 0 atom stereocenters. The van der Waals surface area contributed by atoms with Crippen LogP contribution in [-0.4, -0.2) is 0 Å². The molecule has 0 bridgehead atoms. The summed E-state index contributed by atoms with van der Waals surface area (Å²) in [7, 11) is 0. The van der Waals surface area contributed by atoms with Crippen LogP contribution in [0.15, 0.2) is 63.8 Å². The second-order valence-corrected chi connectivity index (χ2v) is 6.22. The predicted molar refractivity (Wildman–Crippen MR) is 86.6 cm³/mol. The minimum absolute atomic E-state index is 0.0134. The van der Waals surface area contributed by atoms with Gasteiger partial charge in [0.05, 0.1) is 1.37 Å². The van der Waals surface area contributed by atoms with Crippen molar-refractivity contribution >= 4 is 11.0 Å². The zero-order chi connectivity index (χ0) is 15.9. The first-order valence-corrected chi connectivity index (χ1v) is 7.01. The number of benzene rings is 2. The molecule has 3 aromatic rings. The monoisotopic (exact) mass is 279 g/mol. The van der Waals surface area contributed by atoms with Gasteiger partial charge in [-0.15, -0.1) is 0 Å². The third-order valence-corrected chi connectivity index (χ3v) is 3.61. The van der Waals surface area contributed by atoms with Gasteiger partial charge in [-0.05, 0) is 34.2 Å². The Morgan fingerprint density at radius 1 is 1.05 bits per heavy atom. The Morgan fingerprint density at radius 3 is 2.43 bits per heavy atom. The van der Waals surface area contributed by atoms with Gasteiger partial charge < -0.3 is 4.42 Å². The van der Waals surface area contributed by atoms with Gasteiger partial charge in [0.25, 0.3) is 0 Å². The summed E-state index contributed by atoms with van der Waals surface area (Å²) in [6.45, 7) is 6.41. The SMILES string of the molecule is [2H]c1c(-c2ccccc2)c2cc(C(C)(C)C)ccc2oc1=O. The Kier molecular flexibility index (Phi) is 2.88. The zero-order valence-corrected chi connectivity index (χ0v) is 12.4. The average molecular weight is 279 g/mol. The van der Waals surface area contributed by atoms with Gasteiger partial charge in [-0.3, -0.25) is 0 Å². The molecule has 2 aromatic carbocycles. The van der Waals surface area contributed by atoms with E-state index in [1.54, 1.807) is 0 Å². The first-order valence-electron chi connectivity index (χ1n) is 7.51. The summed E-state index contributed by atoms with van der Waals surface area (Å²) in [6, 6.07) is 15.3. The molecule has 0 amide bonds. The number of hydrogen-bond donors (Lipinski definition) is 0. The largest absolute Gasteiger partial charge is 0.423 e. The van der Waals surface area contributed by atoms with E-state index in [-0.39, 0.29) is 11.5 Å². The van der Waals surface area contributed by atoms with E-state index in [2.05, 4.69) is 20.8 Å². The highest BCUT2D eigenvalue weighted by Crippen LogP contribution is 2.31. The normalized spacial score (nSPS) is 12.4. The van der Waals surface area contributed by atoms with Crippen LogP contribution >= 0.6 is 0 Å². The Hall–Kier alpha value is -2.35. The van der Waals surface area contributed by atoms with Crippen LogP contribution in [-0.2, 0) is 5.41 Å². The summed E-state index contributed by atoms with van der Waals surface area (Å²) in [5.41, 5.74) is 2.54. The van der Waals surface area contributed by atoms with Crippen molar-refractivity contribution in [1.29, 1.82) is 0 Å². The highest BCUT2D eigenvalue weighted by atomic mass is 16.4. The van der Waals surface area contributed by atoms with Gasteiger partial charge in [-0.25, -0.2) is 4.79 Å². The lowest BCUT2D eigenvalue weighted by Crippen LogP contribution is -2.11. The molecule has 1 heterocycles. The molecule has 1 aromatic heterocycles. The van der Waals surface area contributed by atoms with Gasteiger partial charge in [0.15, 0.2) is 0 Å². The van der Waals surface area contributed by atoms with Crippen molar-refractivity contribution < 1.29 is 5.79 Å². The summed E-state index contributed by atoms with van der Waals surface area (Å²) in [6.07, 6.45) is 0. The second kappa shape index (κ2) is 4.88. The van der Waals surface area contributed by atoms with E-state index in [9.17, 15) is 4.79 Å². The maximum absolute atomic E-state index is 12.0. The fraction of sp³-hybridized carbons (Fsp3) is 0.211. The van der Waals surface area contributed by atoms with Crippen LogP contribution in [0.1, 0.15) is 27.7 Å². The van der Waals surface area contributed by atoms with Gasteiger partial charge in [0.1, 0.15) is 5.58 Å². The van der Waals surface area contributed by atoms with Crippen molar-refractivity contribution in [2.75, 3.05) is 0 Å². The van der Waals surface area contributed by atoms with Crippen molar-refractivity contribution in [3.8, 4) is 11.1 Å². The summed E-state index contributed by atoms with van der Waals surface area (Å²) in [4.78, 5) is 12.0. The van der Waals surface area contributed by atoms with Gasteiger partial charge in [-0.2, -0.15) is 0 Å². The smallest absolute Gasteiger partial charge is 0.336 e. The Labute approximate surface area is 125 Å². The van der Waals surface area contributed by atoms with Crippen molar-refractivity contribution in [1.82, 2.24) is 0 Å². The van der Waals surface area contributed by atoms with E-state index in [0.29, 0.717) is 11.1 Å². The zero-order valence-electron chi connectivity index (χ0n) is 13.4. The van der Waals surface area contributed by atoms with E-state index < -0.39 is 5.63 Å². The van der Waals surface area contributed by atoms with E-state index in [4.69, 9.17) is 5.79 Å². The third-order valence-electron chi connectivity index (χ3n) is 3.61. The van der Waals surface area contributed by atoms with Crippen LogP contribution in [0.3, 0.4) is 0 Å². The third kappa shape index (κ3) is 2.62. The molecule has 0 fully saturated rings. The molecule has 0 aliphatic heterocycles. The lowest BCUT2D eigenvalue weighted by atomic mass is 9.85. The second-order valence-electron chi connectivity index (χ2n) is 6.22. The minimum Gasteiger partial charge on any atom is -0.423 e. The van der Waals surface area contributed by atoms with Gasteiger partial charge in [-0.1, -0.05) is 57.2 Å². The number of rotatable bonds is 1. The molecule has 2 heteroatoms. The van der Waals surface area contributed by atoms with Crippen molar-refractivity contribution in [2.24, 2.45) is 0 Å². The highest BCUT2D eigenvalue weighted by Gasteiger charge is 2.16. The topological polar surface area (TPSA) is 30.2 Å². The molecule has 0 saturated carbocycles. The maximum Gasteiger partial charge on any atom is 0.336 e. The summed E-state index contributed by atoms with van der Waals surface area (Å²) in [5, 5.41) is 0.809. The molecule has 0 spiro atoms. The van der Waals surface area contributed by atoms with Crippen molar-refractivity contribution in [3.63, 3.8) is 0 Å². The van der Waals surface area contributed by atoms with Gasteiger partial charge in [0, 0.05) is 11.4 Å². The lowest BCUT2D eigenvalue weighted by Gasteiger charge is -2.19. The summed E-state index contributed by atoms with van der Waals surface area (Å²) >= 11 is 0. The van der Waals surface area contributed by atoms with Crippen LogP contribution in [0.5, 0.6) is 0 Å². The van der Waals surface area contributed by atoms with E-state index in [1.807, 2.05) is 48.5 Å². The molecule has 106 valence electrons. The molecule has 21 heavy (non-hydrogen) atoms. The molecule has 0 aliphatic rings. The van der Waals surface area contributed by atoms with E-state index in [1.165, 1.54) is 0 Å². The summed E-state index contributed by atoms with van der Waals surface area (Å²) in [5.74, 6) is 0. The highest BCUT2D eigenvalue weighted by molar-refractivity contribution is 5.93. The number of fused-ring (bicyclic) bond motifs is 1. The standard InChI is InChI=1S/C19H18O2/c1-19(2,3)14-9-10-17-16(11-14)15(12-18(20)21-17)13-7-5-4-6-8-13/h4-12H,1-3H3/i12D. The van der Waals surface area contributed by atoms with E-state index >= 15 is 0 Å². The van der Waals surface area contributed by atoms with Crippen LogP contribution in [0.2, 0.25) is 0 Å². The molecular formula is C19H18O2. The molecule has 3 rings (SSSR count). The van der Waals surface area contributed by atoms with Gasteiger partial charge in [0.2, 0.25) is 0 Å². The predicted octanol–water partition coefficient (Wildman–Crippen LogP) is 4.76. The summed E-state index contributed by atoms with van der Waals surface area (Å²) < 4.78 is 13.4. The first kappa shape index (κ1) is 12.4. The number of hydrogen-bond acceptors (Lipinski definition) is 2. The fourth-order valence-corrected chi connectivity index (χ4v) is 2.41. The van der Waals surface area contributed by atoms with Crippen LogP contribution in [0.25, 0.3) is 22.1 Å². The minimum atomic E-state index is -0.602. The quantitative estimate of drug-likeness (QED) is 0.601. The Morgan fingerprint density at radius 2 is 1.76 bits per heavy atom. The molecule has 0 radical (unpaired) electrons. The van der Waals surface area contributed by atoms with E-state index in [0.717, 1.165) is 16.5 Å². The van der Waals surface area contributed by atoms with Crippen LogP contribution in [0.4, 0.5) is 0 Å². The Bertz CT molecular complexity index is 887. The average Bonchev–Trinajstić information content (AvgIpc) is 2.48. The molecule has 2 nitrogen and oxygen atoms in total. The van der Waals surface area contributed by atoms with Crippen LogP contribution < -0.4 is 5.63 Å². The molecule has 0 unspecified atom stereocenters. The first-order chi connectivity index (χ1) is 10.4. The Balaban J connectivity index is 2.42. The molecular weight excluding hydrogens is 260 g/mol. The van der Waals surface area contributed by atoms with Gasteiger partial charge >= 0.3 is 5.63 Å². The molecule has 0 N–H and O–H groups in total.